The molecule has 4 fully saturated rings. The number of likely N-dealkylation sites (tertiary alicyclic amines) is 2. The molecule has 2 N–H and O–H groups in total. The standard InChI is InChI=1S/C27H31NO3.C26H29NO3.Na.H2O/c1-30-26(29)21-10-23(11-21)28-16-27(17-28)13-19-8-9-24(12-22(19)14-27)31-15-20-6-2-4-18-5-3-7-25(18)20;28-25(29)20-9-22(10-20)27-15-26(16-27)12-18-7-8-23(11-21(18)13-26)30-14-19-5-1-3-17-4-2-6-24(17)19;;/h2,4,6,8-9,12,21,23H,3,5,7,10-11,13-17H2,1H3;1,3,5,7-8,11,20,22H,2,4,6,9-10,12-16H2,(H,28,29);;1H2/q;;+1;/p-1. The zero-order valence-electron chi connectivity index (χ0n) is 37.2. The van der Waals surface area contributed by atoms with Crippen molar-refractivity contribution in [3.05, 3.63) is 128 Å². The number of hydrogen-bond acceptors (Lipinski definition) is 8. The quantitative estimate of drug-likeness (QED) is 0.175. The van der Waals surface area contributed by atoms with Gasteiger partial charge in [0.25, 0.3) is 0 Å². The van der Waals surface area contributed by atoms with Crippen molar-refractivity contribution in [2.24, 2.45) is 22.7 Å². The Morgan fingerprint density at radius 1 is 0.603 bits per heavy atom. The molecule has 10 heteroatoms. The monoisotopic (exact) mass is 860 g/mol. The van der Waals surface area contributed by atoms with Crippen molar-refractivity contribution in [1.29, 1.82) is 0 Å². The van der Waals surface area contributed by atoms with Crippen LogP contribution in [0, 0.1) is 22.7 Å². The van der Waals surface area contributed by atoms with Gasteiger partial charge in [-0.05, 0) is 170 Å². The van der Waals surface area contributed by atoms with Gasteiger partial charge in [0.2, 0.25) is 0 Å². The largest absolute Gasteiger partial charge is 1.00 e. The number of carbonyl (C=O) groups is 2. The number of carbonyl (C=O) groups excluding carboxylic acids is 1. The molecule has 6 aliphatic carbocycles. The Morgan fingerprint density at radius 2 is 1.05 bits per heavy atom. The third-order valence-electron chi connectivity index (χ3n) is 16.2. The second-order valence-electron chi connectivity index (χ2n) is 20.3. The fraction of sp³-hybridized carbons (Fsp3) is 0.509. The predicted molar refractivity (Wildman–Crippen MR) is 236 cm³/mol. The van der Waals surface area contributed by atoms with Gasteiger partial charge in [-0.15, -0.1) is 0 Å². The van der Waals surface area contributed by atoms with E-state index in [2.05, 4.69) is 82.6 Å². The van der Waals surface area contributed by atoms with Crippen molar-refractivity contribution in [1.82, 2.24) is 9.80 Å². The molecule has 2 aliphatic heterocycles. The van der Waals surface area contributed by atoms with Gasteiger partial charge < -0.3 is 24.8 Å². The molecule has 2 saturated carbocycles. The molecular weight excluding hydrogens is 800 g/mol. The summed E-state index contributed by atoms with van der Waals surface area (Å²) < 4.78 is 17.3. The van der Waals surface area contributed by atoms with E-state index in [4.69, 9.17) is 19.3 Å². The summed E-state index contributed by atoms with van der Waals surface area (Å²) in [6.45, 7) is 5.88. The summed E-state index contributed by atoms with van der Waals surface area (Å²) in [5.74, 6) is 1.34. The first kappa shape index (κ1) is 44.5. The van der Waals surface area contributed by atoms with E-state index in [9.17, 15) is 9.59 Å². The molecule has 0 amide bonds. The van der Waals surface area contributed by atoms with E-state index in [-0.39, 0.29) is 52.8 Å². The Morgan fingerprint density at radius 3 is 1.49 bits per heavy atom. The molecule has 2 heterocycles. The molecule has 0 aromatic heterocycles. The summed E-state index contributed by atoms with van der Waals surface area (Å²) in [6, 6.07) is 27.8. The minimum Gasteiger partial charge on any atom is -0.870 e. The zero-order valence-corrected chi connectivity index (χ0v) is 39.2. The van der Waals surface area contributed by atoms with Crippen LogP contribution in [0.15, 0.2) is 72.8 Å². The van der Waals surface area contributed by atoms with Crippen LogP contribution in [0.2, 0.25) is 0 Å². The molecule has 0 bridgehead atoms. The van der Waals surface area contributed by atoms with Crippen molar-refractivity contribution in [2.75, 3.05) is 33.3 Å². The number of hydrogen-bond donors (Lipinski definition) is 1. The summed E-state index contributed by atoms with van der Waals surface area (Å²) in [4.78, 5) is 27.8. The Bertz CT molecular complexity index is 2360. The molecule has 12 rings (SSSR count). The number of carboxylic acids is 1. The van der Waals surface area contributed by atoms with Crippen molar-refractivity contribution < 1.29 is 63.9 Å². The van der Waals surface area contributed by atoms with Crippen LogP contribution in [0.1, 0.15) is 94.2 Å². The van der Waals surface area contributed by atoms with Crippen molar-refractivity contribution in [3.8, 4) is 11.5 Å². The predicted octanol–water partition coefficient (Wildman–Crippen LogP) is 4.95. The molecule has 326 valence electrons. The van der Waals surface area contributed by atoms with Crippen LogP contribution in [0.3, 0.4) is 0 Å². The maximum Gasteiger partial charge on any atom is 1.00 e. The minimum atomic E-state index is -0.622. The van der Waals surface area contributed by atoms with Crippen LogP contribution in [0.5, 0.6) is 11.5 Å². The summed E-state index contributed by atoms with van der Waals surface area (Å²) in [6.07, 6.45) is 15.6. The molecular formula is C53H61N2NaO7. The normalized spacial score (nSPS) is 24.9. The molecule has 4 aromatic rings. The summed E-state index contributed by atoms with van der Waals surface area (Å²) in [7, 11) is 1.49. The van der Waals surface area contributed by atoms with Gasteiger partial charge in [-0.1, -0.05) is 48.5 Å². The number of esters is 1. The number of fused-ring (bicyclic) bond motifs is 4. The van der Waals surface area contributed by atoms with E-state index in [1.807, 2.05) is 0 Å². The fourth-order valence-corrected chi connectivity index (χ4v) is 12.7. The van der Waals surface area contributed by atoms with Gasteiger partial charge in [0, 0.05) is 49.1 Å². The van der Waals surface area contributed by atoms with Crippen LogP contribution < -0.4 is 39.0 Å². The van der Waals surface area contributed by atoms with E-state index < -0.39 is 5.97 Å². The summed E-state index contributed by atoms with van der Waals surface area (Å²) in [5.41, 5.74) is 15.4. The van der Waals surface area contributed by atoms with Gasteiger partial charge in [0.1, 0.15) is 24.7 Å². The Hall–Kier alpha value is -3.70. The number of carboxylic acid groups (broad SMARTS) is 1. The maximum absolute atomic E-state index is 11.6. The maximum atomic E-state index is 11.6. The van der Waals surface area contributed by atoms with Gasteiger partial charge in [0.15, 0.2) is 0 Å². The molecule has 9 nitrogen and oxygen atoms in total. The second kappa shape index (κ2) is 17.9. The second-order valence-corrected chi connectivity index (χ2v) is 20.3. The Kier molecular flexibility index (Phi) is 12.7. The van der Waals surface area contributed by atoms with E-state index in [1.54, 1.807) is 0 Å². The molecule has 63 heavy (non-hydrogen) atoms. The first-order valence-electron chi connectivity index (χ1n) is 23.2. The topological polar surface area (TPSA) is 119 Å². The van der Waals surface area contributed by atoms with Crippen molar-refractivity contribution in [3.63, 3.8) is 0 Å². The average Bonchev–Trinajstić information content (AvgIpc) is 4.02. The molecule has 0 radical (unpaired) electrons. The van der Waals surface area contributed by atoms with Gasteiger partial charge in [0.05, 0.1) is 18.9 Å². The smallest absolute Gasteiger partial charge is 0.870 e. The van der Waals surface area contributed by atoms with E-state index in [1.165, 1.54) is 108 Å². The van der Waals surface area contributed by atoms with Crippen LogP contribution in [0.4, 0.5) is 0 Å². The van der Waals surface area contributed by atoms with Crippen LogP contribution >= 0.6 is 0 Å². The number of aliphatic carboxylic acids is 1. The average molecular weight is 861 g/mol. The first-order valence-corrected chi connectivity index (χ1v) is 23.2. The number of nitrogens with zero attached hydrogens (tertiary/aromatic N) is 2. The summed E-state index contributed by atoms with van der Waals surface area (Å²) >= 11 is 0. The van der Waals surface area contributed by atoms with E-state index in [0.717, 1.165) is 82.6 Å². The van der Waals surface area contributed by atoms with Gasteiger partial charge in [-0.2, -0.15) is 0 Å². The molecule has 0 atom stereocenters. The molecule has 2 spiro atoms. The SMILES string of the molecule is COC(=O)C1CC(N2CC3(Cc4ccc(OCc5cccc6c5CCC6)cc4C3)C2)C1.O=C(O)C1CC(N2CC3(Cc4ccc(OCc5cccc6c5CCC6)cc4C3)C2)C1.[Na+].[OH-]. The van der Waals surface area contributed by atoms with Gasteiger partial charge in [-0.25, -0.2) is 0 Å². The minimum absolute atomic E-state index is 0. The summed E-state index contributed by atoms with van der Waals surface area (Å²) in [5, 5.41) is 9.10. The number of benzene rings is 4. The Labute approximate surface area is 394 Å². The molecule has 0 unspecified atom stereocenters. The first-order chi connectivity index (χ1) is 29.7. The van der Waals surface area contributed by atoms with E-state index >= 15 is 0 Å². The number of methoxy groups -OCH3 is 1. The van der Waals surface area contributed by atoms with Crippen LogP contribution in [0.25, 0.3) is 0 Å². The number of rotatable bonds is 10. The number of ether oxygens (including phenoxy) is 3. The van der Waals surface area contributed by atoms with Crippen molar-refractivity contribution >= 4 is 11.9 Å². The number of aryl methyl sites for hydroxylation is 2. The zero-order chi connectivity index (χ0) is 41.3. The van der Waals surface area contributed by atoms with Crippen LogP contribution in [-0.4, -0.2) is 77.7 Å². The van der Waals surface area contributed by atoms with Gasteiger partial charge >= 0.3 is 41.5 Å². The van der Waals surface area contributed by atoms with Crippen LogP contribution in [-0.2, 0) is 78.9 Å². The molecule has 4 aromatic carbocycles. The third kappa shape index (κ3) is 8.63. The van der Waals surface area contributed by atoms with E-state index in [0.29, 0.717) is 36.1 Å². The van der Waals surface area contributed by atoms with Gasteiger partial charge in [-0.3, -0.25) is 19.4 Å². The molecule has 2 saturated heterocycles. The Balaban J connectivity index is 0.000000155. The third-order valence-corrected chi connectivity index (χ3v) is 16.2. The molecule has 8 aliphatic rings. The fourth-order valence-electron chi connectivity index (χ4n) is 12.7. The van der Waals surface area contributed by atoms with Crippen molar-refractivity contribution in [2.45, 2.75) is 115 Å².